The van der Waals surface area contributed by atoms with Gasteiger partial charge < -0.3 is 10.5 Å². The maximum atomic E-state index is 5.90. The minimum absolute atomic E-state index is 0.0220. The fourth-order valence-corrected chi connectivity index (χ4v) is 2.32. The molecule has 0 saturated carbocycles. The van der Waals surface area contributed by atoms with Gasteiger partial charge in [0.05, 0.1) is 4.47 Å². The normalized spacial score (nSPS) is 12.2. The molecule has 0 heterocycles. The molecule has 2 aromatic rings. The molecular weight excluding hydrogens is 302 g/mol. The fourth-order valence-electron chi connectivity index (χ4n) is 1.84. The molecule has 100 valence electrons. The van der Waals surface area contributed by atoms with Gasteiger partial charge in [0, 0.05) is 6.04 Å². The average molecular weight is 320 g/mol. The van der Waals surface area contributed by atoms with Crippen molar-refractivity contribution >= 4 is 15.9 Å². The minimum Gasteiger partial charge on any atom is -0.456 e. The molecule has 3 heteroatoms. The van der Waals surface area contributed by atoms with Crippen molar-refractivity contribution in [3.05, 3.63) is 58.1 Å². The maximum Gasteiger partial charge on any atom is 0.141 e. The van der Waals surface area contributed by atoms with Crippen LogP contribution in [0.3, 0.4) is 0 Å². The Labute approximate surface area is 122 Å². The first-order valence-electron chi connectivity index (χ1n) is 6.42. The van der Waals surface area contributed by atoms with E-state index >= 15 is 0 Å². The number of aryl methyl sites for hydroxylation is 1. The van der Waals surface area contributed by atoms with Crippen LogP contribution in [0, 0.1) is 0 Å². The van der Waals surface area contributed by atoms with E-state index in [1.54, 1.807) is 0 Å². The zero-order chi connectivity index (χ0) is 13.8. The predicted molar refractivity (Wildman–Crippen MR) is 82.6 cm³/mol. The van der Waals surface area contributed by atoms with Gasteiger partial charge in [-0.1, -0.05) is 25.1 Å². The standard InChI is InChI=1S/C16H18BrNO/c1-3-12-5-4-6-14(9-12)19-16-8-7-13(11(2)18)10-15(16)17/h4-11H,3,18H2,1-2H3/t11-/m0/s1. The summed E-state index contributed by atoms with van der Waals surface area (Å²) in [5.74, 6) is 1.66. The van der Waals surface area contributed by atoms with Crippen molar-refractivity contribution in [2.75, 3.05) is 0 Å². The molecule has 0 amide bonds. The molecule has 19 heavy (non-hydrogen) atoms. The Hall–Kier alpha value is -1.32. The van der Waals surface area contributed by atoms with Gasteiger partial charge in [-0.15, -0.1) is 0 Å². The molecule has 0 saturated heterocycles. The Bertz CT molecular complexity index is 566. The quantitative estimate of drug-likeness (QED) is 0.876. The number of ether oxygens (including phenoxy) is 1. The molecule has 0 spiro atoms. The first kappa shape index (κ1) is 14.1. The van der Waals surface area contributed by atoms with Crippen molar-refractivity contribution in [1.82, 2.24) is 0 Å². The second-order valence-corrected chi connectivity index (χ2v) is 5.44. The lowest BCUT2D eigenvalue weighted by molar-refractivity contribution is 0.478. The van der Waals surface area contributed by atoms with E-state index in [9.17, 15) is 0 Å². The van der Waals surface area contributed by atoms with Crippen LogP contribution < -0.4 is 10.5 Å². The van der Waals surface area contributed by atoms with E-state index in [0.29, 0.717) is 0 Å². The number of rotatable bonds is 4. The number of halogens is 1. The fraction of sp³-hybridized carbons (Fsp3) is 0.250. The summed E-state index contributed by atoms with van der Waals surface area (Å²) in [5, 5.41) is 0. The van der Waals surface area contributed by atoms with Crippen molar-refractivity contribution in [1.29, 1.82) is 0 Å². The zero-order valence-corrected chi connectivity index (χ0v) is 12.8. The van der Waals surface area contributed by atoms with Gasteiger partial charge in [0.2, 0.25) is 0 Å². The summed E-state index contributed by atoms with van der Waals surface area (Å²) >= 11 is 3.53. The summed E-state index contributed by atoms with van der Waals surface area (Å²) in [6, 6.07) is 14.1. The molecule has 2 nitrogen and oxygen atoms in total. The van der Waals surface area contributed by atoms with Crippen LogP contribution in [0.5, 0.6) is 11.5 Å². The van der Waals surface area contributed by atoms with Crippen molar-refractivity contribution in [3.8, 4) is 11.5 Å². The zero-order valence-electron chi connectivity index (χ0n) is 11.2. The smallest absolute Gasteiger partial charge is 0.141 e. The van der Waals surface area contributed by atoms with E-state index in [0.717, 1.165) is 28.0 Å². The molecule has 0 aromatic heterocycles. The van der Waals surface area contributed by atoms with Crippen LogP contribution >= 0.6 is 15.9 Å². The molecule has 0 unspecified atom stereocenters. The van der Waals surface area contributed by atoms with Crippen LogP contribution in [-0.4, -0.2) is 0 Å². The van der Waals surface area contributed by atoms with E-state index < -0.39 is 0 Å². The molecule has 0 radical (unpaired) electrons. The highest BCUT2D eigenvalue weighted by Gasteiger charge is 2.06. The van der Waals surface area contributed by atoms with Crippen LogP contribution in [0.25, 0.3) is 0 Å². The van der Waals surface area contributed by atoms with Gasteiger partial charge >= 0.3 is 0 Å². The number of nitrogens with two attached hydrogens (primary N) is 1. The molecule has 0 aliphatic carbocycles. The molecule has 0 aliphatic heterocycles. The average Bonchev–Trinajstić information content (AvgIpc) is 2.41. The topological polar surface area (TPSA) is 35.2 Å². The molecule has 0 bridgehead atoms. The summed E-state index contributed by atoms with van der Waals surface area (Å²) in [6.45, 7) is 4.10. The first-order chi connectivity index (χ1) is 9.10. The highest BCUT2D eigenvalue weighted by Crippen LogP contribution is 2.32. The van der Waals surface area contributed by atoms with Crippen molar-refractivity contribution < 1.29 is 4.74 Å². The monoisotopic (exact) mass is 319 g/mol. The molecule has 2 aromatic carbocycles. The maximum absolute atomic E-state index is 5.90. The third kappa shape index (κ3) is 3.58. The number of benzene rings is 2. The Morgan fingerprint density at radius 1 is 1.21 bits per heavy atom. The first-order valence-corrected chi connectivity index (χ1v) is 7.21. The van der Waals surface area contributed by atoms with Gasteiger partial charge in [-0.3, -0.25) is 0 Å². The molecule has 2 rings (SSSR count). The van der Waals surface area contributed by atoms with Crippen LogP contribution in [0.4, 0.5) is 0 Å². The van der Waals surface area contributed by atoms with Gasteiger partial charge in [-0.05, 0) is 64.7 Å². The van der Waals surface area contributed by atoms with E-state index in [2.05, 4.69) is 35.0 Å². The highest BCUT2D eigenvalue weighted by molar-refractivity contribution is 9.10. The lowest BCUT2D eigenvalue weighted by atomic mass is 10.1. The number of hydrogen-bond acceptors (Lipinski definition) is 2. The minimum atomic E-state index is 0.0220. The van der Waals surface area contributed by atoms with Gasteiger partial charge in [-0.2, -0.15) is 0 Å². The van der Waals surface area contributed by atoms with E-state index in [1.165, 1.54) is 5.56 Å². The van der Waals surface area contributed by atoms with Crippen LogP contribution in [0.15, 0.2) is 46.9 Å². The molecular formula is C16H18BrNO. The third-order valence-electron chi connectivity index (χ3n) is 3.02. The molecule has 2 N–H and O–H groups in total. The van der Waals surface area contributed by atoms with Gasteiger partial charge in [0.25, 0.3) is 0 Å². The van der Waals surface area contributed by atoms with Crippen molar-refractivity contribution in [2.45, 2.75) is 26.3 Å². The summed E-state index contributed by atoms with van der Waals surface area (Å²) < 4.78 is 6.82. The third-order valence-corrected chi connectivity index (χ3v) is 3.64. The summed E-state index contributed by atoms with van der Waals surface area (Å²) in [5.41, 5.74) is 8.21. The molecule has 1 atom stereocenters. The predicted octanol–water partition coefficient (Wildman–Crippen LogP) is 4.82. The van der Waals surface area contributed by atoms with E-state index in [4.69, 9.17) is 10.5 Å². The summed E-state index contributed by atoms with van der Waals surface area (Å²) in [7, 11) is 0. The Balaban J connectivity index is 2.23. The summed E-state index contributed by atoms with van der Waals surface area (Å²) in [4.78, 5) is 0. The van der Waals surface area contributed by atoms with E-state index in [1.807, 2.05) is 37.3 Å². The largest absolute Gasteiger partial charge is 0.456 e. The van der Waals surface area contributed by atoms with E-state index in [-0.39, 0.29) is 6.04 Å². The van der Waals surface area contributed by atoms with Crippen molar-refractivity contribution in [3.63, 3.8) is 0 Å². The van der Waals surface area contributed by atoms with Gasteiger partial charge in [0.1, 0.15) is 11.5 Å². The lowest BCUT2D eigenvalue weighted by Crippen LogP contribution is -2.04. The summed E-state index contributed by atoms with van der Waals surface area (Å²) in [6.07, 6.45) is 1.00. The highest BCUT2D eigenvalue weighted by atomic mass is 79.9. The number of hydrogen-bond donors (Lipinski definition) is 1. The van der Waals surface area contributed by atoms with Gasteiger partial charge in [0.15, 0.2) is 0 Å². The SMILES string of the molecule is CCc1cccc(Oc2ccc([C@H](C)N)cc2Br)c1. The van der Waals surface area contributed by atoms with Crippen LogP contribution in [0.2, 0.25) is 0 Å². The molecule has 0 fully saturated rings. The Kier molecular flexibility index (Phi) is 4.61. The Morgan fingerprint density at radius 2 is 2.00 bits per heavy atom. The second kappa shape index (κ2) is 6.22. The van der Waals surface area contributed by atoms with Crippen LogP contribution in [-0.2, 0) is 6.42 Å². The molecule has 0 aliphatic rings. The lowest BCUT2D eigenvalue weighted by Gasteiger charge is -2.11. The van der Waals surface area contributed by atoms with Crippen molar-refractivity contribution in [2.24, 2.45) is 5.73 Å². The Morgan fingerprint density at radius 3 is 2.63 bits per heavy atom. The van der Waals surface area contributed by atoms with Gasteiger partial charge in [-0.25, -0.2) is 0 Å². The van der Waals surface area contributed by atoms with Crippen LogP contribution in [0.1, 0.15) is 31.0 Å². The second-order valence-electron chi connectivity index (χ2n) is 4.58.